The molecule has 1 N–H and O–H groups in total. The van der Waals surface area contributed by atoms with Crippen LogP contribution in [0.25, 0.3) is 0 Å². The number of anilines is 1. The number of carbonyl (C=O) groups excluding carboxylic acids is 1. The molecule has 1 aromatic heterocycles. The van der Waals surface area contributed by atoms with Crippen molar-refractivity contribution in [2.45, 2.75) is 6.61 Å². The Bertz CT molecular complexity index is 1000. The highest BCUT2D eigenvalue weighted by molar-refractivity contribution is 6.34. The van der Waals surface area contributed by atoms with Gasteiger partial charge in [-0.15, -0.1) is 0 Å². The van der Waals surface area contributed by atoms with Crippen LogP contribution in [0.5, 0.6) is 5.75 Å². The molecule has 2 aromatic carbocycles. The van der Waals surface area contributed by atoms with Crippen LogP contribution in [-0.2, 0) is 6.61 Å². The van der Waals surface area contributed by atoms with Gasteiger partial charge in [0, 0.05) is 17.2 Å². The third kappa shape index (κ3) is 4.78. The summed E-state index contributed by atoms with van der Waals surface area (Å²) in [5.74, 6) is 0.409. The largest absolute Gasteiger partial charge is 0.486 e. The predicted octanol–water partition coefficient (Wildman–Crippen LogP) is 5.33. The number of hydrogen-bond donors (Lipinski definition) is 1. The Kier molecular flexibility index (Phi) is 5.63. The van der Waals surface area contributed by atoms with Crippen molar-refractivity contribution >= 4 is 40.5 Å². The van der Waals surface area contributed by atoms with Gasteiger partial charge in [0.1, 0.15) is 18.1 Å². The maximum absolute atomic E-state index is 12.3. The average molecular weight is 407 g/mol. The van der Waals surface area contributed by atoms with Crippen LogP contribution in [-0.4, -0.2) is 10.8 Å². The van der Waals surface area contributed by atoms with Crippen LogP contribution in [0.4, 0.5) is 11.4 Å². The third-order valence-corrected chi connectivity index (χ3v) is 4.04. The second-order valence-electron chi connectivity index (χ2n) is 5.39. The van der Waals surface area contributed by atoms with E-state index in [2.05, 4.69) is 5.32 Å². The summed E-state index contributed by atoms with van der Waals surface area (Å²) in [4.78, 5) is 22.6. The maximum atomic E-state index is 12.3. The van der Waals surface area contributed by atoms with E-state index in [0.29, 0.717) is 16.5 Å². The first-order chi connectivity index (χ1) is 12.9. The van der Waals surface area contributed by atoms with Crippen molar-refractivity contribution < 1.29 is 18.9 Å². The number of amides is 1. The van der Waals surface area contributed by atoms with Gasteiger partial charge in [0.15, 0.2) is 5.76 Å². The van der Waals surface area contributed by atoms with Gasteiger partial charge in [0.25, 0.3) is 11.6 Å². The molecule has 0 spiro atoms. The molecule has 0 fully saturated rings. The highest BCUT2D eigenvalue weighted by Gasteiger charge is 2.16. The summed E-state index contributed by atoms with van der Waals surface area (Å²) in [6.07, 6.45) is 0. The number of carbonyl (C=O) groups is 1. The molecule has 0 bridgehead atoms. The SMILES string of the molecule is O=C(Nc1cc([N+](=O)[O-])ccc1Cl)c1ccc(COc2cccc(Cl)c2)o1. The number of nitro groups is 1. The predicted molar refractivity (Wildman–Crippen MR) is 101 cm³/mol. The van der Waals surface area contributed by atoms with E-state index in [1.165, 1.54) is 24.3 Å². The van der Waals surface area contributed by atoms with Crippen LogP contribution in [0, 0.1) is 10.1 Å². The summed E-state index contributed by atoms with van der Waals surface area (Å²) in [7, 11) is 0. The maximum Gasteiger partial charge on any atom is 0.291 e. The zero-order chi connectivity index (χ0) is 19.4. The first kappa shape index (κ1) is 18.8. The number of nitrogens with one attached hydrogen (secondary N) is 1. The van der Waals surface area contributed by atoms with Crippen LogP contribution >= 0.6 is 23.2 Å². The van der Waals surface area contributed by atoms with Gasteiger partial charge >= 0.3 is 0 Å². The monoisotopic (exact) mass is 406 g/mol. The van der Waals surface area contributed by atoms with Crippen molar-refractivity contribution in [3.05, 3.63) is 86.3 Å². The summed E-state index contributed by atoms with van der Waals surface area (Å²) in [6, 6.07) is 13.7. The van der Waals surface area contributed by atoms with Gasteiger partial charge in [-0.3, -0.25) is 14.9 Å². The van der Waals surface area contributed by atoms with Crippen LogP contribution in [0.3, 0.4) is 0 Å². The number of benzene rings is 2. The van der Waals surface area contributed by atoms with E-state index in [0.717, 1.165) is 0 Å². The number of nitro benzene ring substituents is 1. The van der Waals surface area contributed by atoms with E-state index >= 15 is 0 Å². The van der Waals surface area contributed by atoms with E-state index in [1.807, 2.05) is 0 Å². The van der Waals surface area contributed by atoms with Crippen molar-refractivity contribution in [1.29, 1.82) is 0 Å². The topological polar surface area (TPSA) is 94.6 Å². The smallest absolute Gasteiger partial charge is 0.291 e. The molecule has 0 aliphatic heterocycles. The molecule has 3 rings (SSSR count). The van der Waals surface area contributed by atoms with Crippen molar-refractivity contribution in [3.63, 3.8) is 0 Å². The Hall–Kier alpha value is -3.03. The summed E-state index contributed by atoms with van der Waals surface area (Å²) in [5, 5.41) is 14.0. The lowest BCUT2D eigenvalue weighted by atomic mass is 10.2. The van der Waals surface area contributed by atoms with E-state index < -0.39 is 10.8 Å². The molecule has 0 aliphatic carbocycles. The average Bonchev–Trinajstić information content (AvgIpc) is 3.11. The van der Waals surface area contributed by atoms with Gasteiger partial charge < -0.3 is 14.5 Å². The lowest BCUT2D eigenvalue weighted by Crippen LogP contribution is -2.11. The molecule has 0 radical (unpaired) electrons. The van der Waals surface area contributed by atoms with E-state index in [4.69, 9.17) is 32.4 Å². The van der Waals surface area contributed by atoms with Crippen LogP contribution in [0.15, 0.2) is 59.0 Å². The first-order valence-corrected chi connectivity index (χ1v) is 8.40. The van der Waals surface area contributed by atoms with Gasteiger partial charge in [-0.05, 0) is 36.4 Å². The fourth-order valence-corrected chi connectivity index (χ4v) is 2.54. The van der Waals surface area contributed by atoms with Crippen molar-refractivity contribution in [1.82, 2.24) is 0 Å². The van der Waals surface area contributed by atoms with E-state index in [-0.39, 0.29) is 28.8 Å². The van der Waals surface area contributed by atoms with Crippen LogP contribution in [0.1, 0.15) is 16.3 Å². The third-order valence-electron chi connectivity index (χ3n) is 3.47. The second-order valence-corrected chi connectivity index (χ2v) is 6.23. The van der Waals surface area contributed by atoms with Crippen molar-refractivity contribution in [3.8, 4) is 5.75 Å². The molecular weight excluding hydrogens is 395 g/mol. The minimum absolute atomic E-state index is 0.0160. The second kappa shape index (κ2) is 8.11. The number of rotatable bonds is 6. The van der Waals surface area contributed by atoms with Crippen molar-refractivity contribution in [2.75, 3.05) is 5.32 Å². The minimum Gasteiger partial charge on any atom is -0.486 e. The number of nitrogens with zero attached hydrogens (tertiary/aromatic N) is 1. The standard InChI is InChI=1S/C18H12Cl2N2O5/c19-11-2-1-3-13(8-11)26-10-14-5-7-17(27-14)18(23)21-16-9-12(22(24)25)4-6-15(16)20/h1-9H,10H2,(H,21,23). The molecule has 3 aromatic rings. The molecule has 138 valence electrons. The molecule has 0 saturated heterocycles. The fraction of sp³-hybridized carbons (Fsp3) is 0.0556. The number of hydrogen-bond acceptors (Lipinski definition) is 5. The normalized spacial score (nSPS) is 10.4. The Balaban J connectivity index is 1.66. The summed E-state index contributed by atoms with van der Waals surface area (Å²) < 4.78 is 11.0. The fourth-order valence-electron chi connectivity index (χ4n) is 2.20. The molecule has 1 heterocycles. The first-order valence-electron chi connectivity index (χ1n) is 7.65. The van der Waals surface area contributed by atoms with Gasteiger partial charge in [-0.25, -0.2) is 0 Å². The highest BCUT2D eigenvalue weighted by Crippen LogP contribution is 2.27. The quantitative estimate of drug-likeness (QED) is 0.441. The van der Waals surface area contributed by atoms with E-state index in [1.54, 1.807) is 30.3 Å². The van der Waals surface area contributed by atoms with Gasteiger partial charge in [-0.1, -0.05) is 29.3 Å². The highest BCUT2D eigenvalue weighted by atomic mass is 35.5. The zero-order valence-corrected chi connectivity index (χ0v) is 15.2. The molecule has 9 heteroatoms. The Morgan fingerprint density at radius 3 is 2.70 bits per heavy atom. The van der Waals surface area contributed by atoms with Gasteiger partial charge in [0.2, 0.25) is 0 Å². The van der Waals surface area contributed by atoms with Crippen LogP contribution < -0.4 is 10.1 Å². The molecule has 0 aliphatic rings. The van der Waals surface area contributed by atoms with Crippen molar-refractivity contribution in [2.24, 2.45) is 0 Å². The van der Waals surface area contributed by atoms with Crippen LogP contribution in [0.2, 0.25) is 10.0 Å². The molecule has 0 atom stereocenters. The lowest BCUT2D eigenvalue weighted by Gasteiger charge is -2.06. The molecule has 1 amide bonds. The number of ether oxygens (including phenoxy) is 1. The van der Waals surface area contributed by atoms with Gasteiger partial charge in [-0.2, -0.15) is 0 Å². The lowest BCUT2D eigenvalue weighted by molar-refractivity contribution is -0.384. The molecule has 7 nitrogen and oxygen atoms in total. The number of furan rings is 1. The molecule has 0 unspecified atom stereocenters. The molecule has 27 heavy (non-hydrogen) atoms. The minimum atomic E-state index is -0.591. The Morgan fingerprint density at radius 2 is 1.96 bits per heavy atom. The number of non-ortho nitro benzene ring substituents is 1. The molecular formula is C18H12Cl2N2O5. The zero-order valence-electron chi connectivity index (χ0n) is 13.6. The Morgan fingerprint density at radius 1 is 1.15 bits per heavy atom. The molecule has 0 saturated carbocycles. The van der Waals surface area contributed by atoms with Gasteiger partial charge in [0.05, 0.1) is 15.6 Å². The van der Waals surface area contributed by atoms with E-state index in [9.17, 15) is 14.9 Å². The summed E-state index contributed by atoms with van der Waals surface area (Å²) in [5.41, 5.74) is -0.0752. The summed E-state index contributed by atoms with van der Waals surface area (Å²) >= 11 is 11.9. The Labute approximate surface area is 163 Å². The number of halogens is 2. The summed E-state index contributed by atoms with van der Waals surface area (Å²) in [6.45, 7) is 0.102.